The van der Waals surface area contributed by atoms with Gasteiger partial charge in [0.1, 0.15) is 12.7 Å². The Morgan fingerprint density at radius 3 is 1.77 bits per heavy atom. The first-order chi connectivity index (χ1) is 29.0. The van der Waals surface area contributed by atoms with Crippen molar-refractivity contribution in [2.24, 2.45) is 5.92 Å². The van der Waals surface area contributed by atoms with E-state index in [0.717, 1.165) is 31.6 Å². The number of aliphatic hydroxyl groups is 3. The summed E-state index contributed by atoms with van der Waals surface area (Å²) in [6.07, 6.45) is 41.1. The Bertz CT molecular complexity index is 1170. The number of carbonyl (C=O) groups excluding carboxylic acids is 2. The summed E-state index contributed by atoms with van der Waals surface area (Å²) in [6.45, 7) is 4.56. The monoisotopic (exact) mass is 871 g/mol. The van der Waals surface area contributed by atoms with Crippen LogP contribution in [0.5, 0.6) is 0 Å². The molecule has 0 rings (SSSR count). The number of ether oxygens (including phenoxy) is 2. The van der Waals surface area contributed by atoms with E-state index in [9.17, 15) is 29.3 Å². The van der Waals surface area contributed by atoms with Crippen molar-refractivity contribution in [3.63, 3.8) is 0 Å². The van der Waals surface area contributed by atoms with Gasteiger partial charge in [0, 0.05) is 12.8 Å². The highest BCUT2D eigenvalue weighted by atomic mass is 31.2. The van der Waals surface area contributed by atoms with Crippen LogP contribution in [0.15, 0.2) is 48.6 Å². The van der Waals surface area contributed by atoms with E-state index < -0.39 is 57.9 Å². The van der Waals surface area contributed by atoms with Crippen LogP contribution in [0.25, 0.3) is 0 Å². The van der Waals surface area contributed by atoms with Crippen molar-refractivity contribution in [2.75, 3.05) is 26.4 Å². The van der Waals surface area contributed by atoms with Gasteiger partial charge in [0.25, 0.3) is 0 Å². The summed E-state index contributed by atoms with van der Waals surface area (Å²) in [6, 6.07) is 0. The van der Waals surface area contributed by atoms with Gasteiger partial charge in [-0.05, 0) is 50.9 Å². The van der Waals surface area contributed by atoms with E-state index in [1.54, 1.807) is 6.08 Å². The van der Waals surface area contributed by atoms with Crippen molar-refractivity contribution < 1.29 is 52.9 Å². The molecule has 60 heavy (non-hydrogen) atoms. The lowest BCUT2D eigenvalue weighted by Crippen LogP contribution is -2.29. The van der Waals surface area contributed by atoms with E-state index in [0.29, 0.717) is 32.1 Å². The predicted molar refractivity (Wildman–Crippen MR) is 243 cm³/mol. The van der Waals surface area contributed by atoms with E-state index >= 15 is 0 Å². The van der Waals surface area contributed by atoms with E-state index in [1.807, 2.05) is 36.5 Å². The first-order valence-corrected chi connectivity index (χ1v) is 25.1. The first kappa shape index (κ1) is 57.9. The fourth-order valence-corrected chi connectivity index (χ4v) is 7.10. The van der Waals surface area contributed by atoms with Gasteiger partial charge in [-0.2, -0.15) is 0 Å². The number of carbonyl (C=O) groups is 2. The number of phosphoric acid groups is 1. The molecule has 0 spiro atoms. The van der Waals surface area contributed by atoms with Gasteiger partial charge < -0.3 is 29.7 Å². The normalized spacial score (nSPS) is 14.8. The van der Waals surface area contributed by atoms with Crippen LogP contribution in [-0.2, 0) is 32.7 Å². The highest BCUT2D eigenvalue weighted by Crippen LogP contribution is 2.43. The number of rotatable bonds is 43. The third-order valence-corrected chi connectivity index (χ3v) is 10.9. The minimum Gasteiger partial charge on any atom is -0.462 e. The van der Waals surface area contributed by atoms with E-state index in [-0.39, 0.29) is 19.4 Å². The molecule has 0 aliphatic rings. The number of esters is 2. The van der Waals surface area contributed by atoms with Crippen molar-refractivity contribution >= 4 is 19.8 Å². The summed E-state index contributed by atoms with van der Waals surface area (Å²) in [5.41, 5.74) is 0. The van der Waals surface area contributed by atoms with Crippen LogP contribution in [0.4, 0.5) is 0 Å². The molecule has 0 heterocycles. The van der Waals surface area contributed by atoms with E-state index in [4.69, 9.17) is 19.1 Å². The molecular weight excluding hydrogens is 783 g/mol. The summed E-state index contributed by atoms with van der Waals surface area (Å²) in [5, 5.41) is 28.4. The lowest BCUT2D eigenvalue weighted by atomic mass is 10.0. The third-order valence-electron chi connectivity index (χ3n) is 9.99. The number of phosphoric ester groups is 1. The Morgan fingerprint density at radius 2 is 1.17 bits per heavy atom. The van der Waals surface area contributed by atoms with Crippen molar-refractivity contribution in [1.82, 2.24) is 0 Å². The van der Waals surface area contributed by atoms with Crippen LogP contribution in [0.2, 0.25) is 0 Å². The maximum Gasteiger partial charge on any atom is 0.472 e. The van der Waals surface area contributed by atoms with Gasteiger partial charge in [-0.3, -0.25) is 18.6 Å². The predicted octanol–water partition coefficient (Wildman–Crippen LogP) is 11.7. The Balaban J connectivity index is 4.36. The Kier molecular flexibility index (Phi) is 40.7. The molecule has 0 bridgehead atoms. The second-order valence-corrected chi connectivity index (χ2v) is 17.9. The number of unbranched alkanes of at least 4 members (excludes halogenated alkanes) is 19. The van der Waals surface area contributed by atoms with Gasteiger partial charge in [-0.25, -0.2) is 4.57 Å². The molecular formula is C48H87O11P. The molecule has 0 radical (unpaired) electrons. The summed E-state index contributed by atoms with van der Waals surface area (Å²) >= 11 is 0. The number of aliphatic hydroxyl groups excluding tert-OH is 3. The van der Waals surface area contributed by atoms with Crippen LogP contribution < -0.4 is 0 Å². The lowest BCUT2D eigenvalue weighted by Gasteiger charge is -2.20. The maximum atomic E-state index is 12.6. The zero-order chi connectivity index (χ0) is 44.4. The second-order valence-electron chi connectivity index (χ2n) is 16.5. The third kappa shape index (κ3) is 42.6. The number of allylic oxidation sites excluding steroid dienone is 6. The lowest BCUT2D eigenvalue weighted by molar-refractivity contribution is -0.161. The average Bonchev–Trinajstić information content (AvgIpc) is 3.22. The van der Waals surface area contributed by atoms with Crippen LogP contribution in [-0.4, -0.2) is 76.9 Å². The molecule has 11 nitrogen and oxygen atoms in total. The SMILES string of the molecule is CCCCC/C=C\C=C/[C@@H](O)C/C=C\C/C=C/CCCC(=O)OC[C@H](COP(=O)(O)OC[C@@H](O)CO)OC(=O)CCCCCCCCCCCCCCCCCCC(C)C. The van der Waals surface area contributed by atoms with Gasteiger partial charge in [0.05, 0.1) is 25.9 Å². The molecule has 0 aromatic heterocycles. The van der Waals surface area contributed by atoms with Crippen LogP contribution in [0.3, 0.4) is 0 Å². The van der Waals surface area contributed by atoms with Crippen molar-refractivity contribution in [3.05, 3.63) is 48.6 Å². The van der Waals surface area contributed by atoms with Crippen molar-refractivity contribution in [2.45, 2.75) is 212 Å². The number of hydrogen-bond donors (Lipinski definition) is 4. The zero-order valence-corrected chi connectivity index (χ0v) is 38.8. The van der Waals surface area contributed by atoms with Crippen LogP contribution in [0, 0.1) is 5.92 Å². The van der Waals surface area contributed by atoms with Crippen molar-refractivity contribution in [1.29, 1.82) is 0 Å². The van der Waals surface area contributed by atoms with Gasteiger partial charge in [0.2, 0.25) is 0 Å². The Morgan fingerprint density at radius 1 is 0.617 bits per heavy atom. The molecule has 0 saturated carbocycles. The van der Waals surface area contributed by atoms with E-state index in [1.165, 1.54) is 103 Å². The second kappa shape index (κ2) is 42.2. The minimum absolute atomic E-state index is 0.132. The zero-order valence-electron chi connectivity index (χ0n) is 37.9. The molecule has 0 aliphatic heterocycles. The van der Waals surface area contributed by atoms with Crippen LogP contribution in [0.1, 0.15) is 194 Å². The fraction of sp³-hybridized carbons (Fsp3) is 0.792. The Hall–Kier alpha value is -2.11. The molecule has 4 N–H and O–H groups in total. The average molecular weight is 871 g/mol. The number of hydrogen-bond acceptors (Lipinski definition) is 10. The fourth-order valence-electron chi connectivity index (χ4n) is 6.31. The largest absolute Gasteiger partial charge is 0.472 e. The first-order valence-electron chi connectivity index (χ1n) is 23.6. The molecule has 0 aromatic carbocycles. The molecule has 0 fully saturated rings. The van der Waals surface area contributed by atoms with Gasteiger partial charge in [-0.1, -0.05) is 185 Å². The van der Waals surface area contributed by atoms with Gasteiger partial charge >= 0.3 is 19.8 Å². The minimum atomic E-state index is -4.65. The summed E-state index contributed by atoms with van der Waals surface area (Å²) in [4.78, 5) is 35.1. The Labute approximate surface area is 365 Å². The molecule has 1 unspecified atom stereocenters. The molecule has 4 atom stereocenters. The topological polar surface area (TPSA) is 169 Å². The highest BCUT2D eigenvalue weighted by Gasteiger charge is 2.27. The molecule has 0 amide bonds. The molecule has 12 heteroatoms. The van der Waals surface area contributed by atoms with Gasteiger partial charge in [0.15, 0.2) is 6.10 Å². The summed E-state index contributed by atoms with van der Waals surface area (Å²) < 4.78 is 32.7. The smallest absolute Gasteiger partial charge is 0.462 e. The molecule has 0 aliphatic carbocycles. The summed E-state index contributed by atoms with van der Waals surface area (Å²) in [7, 11) is -4.65. The highest BCUT2D eigenvalue weighted by molar-refractivity contribution is 7.47. The molecule has 350 valence electrons. The summed E-state index contributed by atoms with van der Waals surface area (Å²) in [5.74, 6) is -0.201. The van der Waals surface area contributed by atoms with Crippen LogP contribution >= 0.6 is 7.82 Å². The molecule has 0 aromatic rings. The standard InChI is InChI=1S/C48H87O11P/c1-4-5-6-7-19-25-30-35-44(50)36-31-26-21-18-23-27-32-37-47(52)56-41-46(42-58-60(54,55)57-40-45(51)39-49)59-48(53)38-33-28-22-17-15-13-11-9-8-10-12-14-16-20-24-29-34-43(2)3/h18-19,23,25-26,30-31,35,43-46,49-51H,4-17,20-22,24,27-29,32-34,36-42H2,1-3H3,(H,54,55)/b23-18+,25-19-,31-26-,35-30-/t44-,45+,46-/m1/s1. The van der Waals surface area contributed by atoms with E-state index in [2.05, 4.69) is 31.4 Å². The maximum absolute atomic E-state index is 12.6. The van der Waals surface area contributed by atoms with Crippen molar-refractivity contribution in [3.8, 4) is 0 Å². The quantitative estimate of drug-likeness (QED) is 0.0151. The van der Waals surface area contributed by atoms with Gasteiger partial charge in [-0.15, -0.1) is 0 Å². The molecule has 0 saturated heterocycles.